The van der Waals surface area contributed by atoms with Crippen LogP contribution in [0, 0.1) is 5.82 Å². The molecule has 0 fully saturated rings. The van der Waals surface area contributed by atoms with E-state index in [1.165, 1.54) is 12.1 Å². The van der Waals surface area contributed by atoms with Crippen molar-refractivity contribution in [2.24, 2.45) is 0 Å². The number of hydrogen-bond donors (Lipinski definition) is 0. The molecule has 0 bridgehead atoms. The molecule has 5 nitrogen and oxygen atoms in total. The fraction of sp³-hybridized carbons (Fsp3) is 0.174. The molecule has 2 aromatic heterocycles. The number of hydrogen-bond acceptors (Lipinski definition) is 3. The topological polar surface area (TPSA) is 50.5 Å². The molecule has 0 saturated carbocycles. The number of carbonyl (C=O) groups excluding carboxylic acids is 1. The van der Waals surface area contributed by atoms with Crippen LogP contribution in [0.3, 0.4) is 0 Å². The van der Waals surface area contributed by atoms with E-state index in [0.717, 1.165) is 16.8 Å². The van der Waals surface area contributed by atoms with Crippen LogP contribution in [0.5, 0.6) is 0 Å². The molecule has 29 heavy (non-hydrogen) atoms. The van der Waals surface area contributed by atoms with Gasteiger partial charge in [-0.15, -0.1) is 0 Å². The maximum atomic E-state index is 13.4. The minimum absolute atomic E-state index is 0.117. The van der Waals surface area contributed by atoms with Crippen molar-refractivity contribution in [3.8, 4) is 22.5 Å². The standard InChI is InChI=1S/C23H21FN4O/c1-3-27(4-2)23(29)21-14-19(17-10-12-18(24)13-11-17)25-22-15-20(26-28(21)22)16-8-6-5-7-9-16/h5-15H,3-4H2,1-2H3. The average molecular weight is 388 g/mol. The Kier molecular flexibility index (Phi) is 5.08. The second kappa shape index (κ2) is 7.83. The number of fused-ring (bicyclic) bond motifs is 1. The van der Waals surface area contributed by atoms with E-state index in [-0.39, 0.29) is 11.7 Å². The summed E-state index contributed by atoms with van der Waals surface area (Å²) in [7, 11) is 0. The third-order valence-corrected chi connectivity index (χ3v) is 4.91. The Morgan fingerprint density at radius 3 is 2.24 bits per heavy atom. The zero-order valence-electron chi connectivity index (χ0n) is 16.3. The average Bonchev–Trinajstić information content (AvgIpc) is 3.19. The zero-order valence-corrected chi connectivity index (χ0v) is 16.3. The summed E-state index contributed by atoms with van der Waals surface area (Å²) in [5, 5.41) is 4.65. The Balaban J connectivity index is 1.92. The molecule has 0 radical (unpaired) electrons. The molecule has 2 heterocycles. The van der Waals surface area contributed by atoms with E-state index in [4.69, 9.17) is 0 Å². The van der Waals surface area contributed by atoms with Crippen molar-refractivity contribution < 1.29 is 9.18 Å². The maximum Gasteiger partial charge on any atom is 0.272 e. The fourth-order valence-electron chi connectivity index (χ4n) is 3.32. The van der Waals surface area contributed by atoms with E-state index in [9.17, 15) is 9.18 Å². The van der Waals surface area contributed by atoms with E-state index in [2.05, 4.69) is 10.1 Å². The van der Waals surface area contributed by atoms with Crippen LogP contribution < -0.4 is 0 Å². The molecule has 2 aromatic carbocycles. The van der Waals surface area contributed by atoms with Gasteiger partial charge < -0.3 is 4.90 Å². The molecule has 0 aliphatic heterocycles. The molecule has 0 atom stereocenters. The normalized spacial score (nSPS) is 11.0. The summed E-state index contributed by atoms with van der Waals surface area (Å²) in [6.07, 6.45) is 0. The molecular formula is C23H21FN4O. The summed E-state index contributed by atoms with van der Waals surface area (Å²) in [5.41, 5.74) is 4.03. The van der Waals surface area contributed by atoms with E-state index >= 15 is 0 Å². The van der Waals surface area contributed by atoms with Gasteiger partial charge in [-0.3, -0.25) is 4.79 Å². The first-order valence-corrected chi connectivity index (χ1v) is 9.62. The SMILES string of the molecule is CCN(CC)C(=O)c1cc(-c2ccc(F)cc2)nc2cc(-c3ccccc3)nn12. The van der Waals surface area contributed by atoms with Crippen molar-refractivity contribution in [2.45, 2.75) is 13.8 Å². The van der Waals surface area contributed by atoms with Crippen molar-refractivity contribution in [1.82, 2.24) is 19.5 Å². The minimum Gasteiger partial charge on any atom is -0.338 e. The molecule has 0 unspecified atom stereocenters. The van der Waals surface area contributed by atoms with Gasteiger partial charge in [-0.25, -0.2) is 13.9 Å². The van der Waals surface area contributed by atoms with Crippen LogP contribution in [0.15, 0.2) is 66.7 Å². The van der Waals surface area contributed by atoms with Gasteiger partial charge in [-0.2, -0.15) is 5.10 Å². The highest BCUT2D eigenvalue weighted by molar-refractivity contribution is 5.94. The van der Waals surface area contributed by atoms with E-state index in [1.807, 2.05) is 50.2 Å². The van der Waals surface area contributed by atoms with Crippen molar-refractivity contribution in [2.75, 3.05) is 13.1 Å². The van der Waals surface area contributed by atoms with Crippen molar-refractivity contribution in [3.05, 3.63) is 78.2 Å². The van der Waals surface area contributed by atoms with Gasteiger partial charge in [0.2, 0.25) is 0 Å². The summed E-state index contributed by atoms with van der Waals surface area (Å²) in [6.45, 7) is 5.08. The van der Waals surface area contributed by atoms with Gasteiger partial charge in [0.05, 0.1) is 11.4 Å². The van der Waals surface area contributed by atoms with Crippen molar-refractivity contribution >= 4 is 11.6 Å². The van der Waals surface area contributed by atoms with Gasteiger partial charge in [-0.05, 0) is 44.2 Å². The molecule has 4 rings (SSSR count). The molecule has 4 aromatic rings. The highest BCUT2D eigenvalue weighted by atomic mass is 19.1. The number of nitrogens with zero attached hydrogens (tertiary/aromatic N) is 4. The fourth-order valence-corrected chi connectivity index (χ4v) is 3.32. The lowest BCUT2D eigenvalue weighted by Crippen LogP contribution is -2.32. The maximum absolute atomic E-state index is 13.4. The summed E-state index contributed by atoms with van der Waals surface area (Å²) in [6, 6.07) is 19.4. The van der Waals surface area contributed by atoms with Crippen molar-refractivity contribution in [1.29, 1.82) is 0 Å². The van der Waals surface area contributed by atoms with Gasteiger partial charge in [0.25, 0.3) is 5.91 Å². The van der Waals surface area contributed by atoms with Crippen LogP contribution in [0.4, 0.5) is 4.39 Å². The monoisotopic (exact) mass is 388 g/mol. The summed E-state index contributed by atoms with van der Waals surface area (Å²) >= 11 is 0. The number of benzene rings is 2. The zero-order chi connectivity index (χ0) is 20.4. The Labute approximate surface area is 168 Å². The Hall–Kier alpha value is -3.54. The molecule has 0 saturated heterocycles. The van der Waals surface area contributed by atoms with Gasteiger partial charge in [-0.1, -0.05) is 30.3 Å². The number of carbonyl (C=O) groups is 1. The molecule has 0 N–H and O–H groups in total. The third-order valence-electron chi connectivity index (χ3n) is 4.91. The highest BCUT2D eigenvalue weighted by Crippen LogP contribution is 2.24. The van der Waals surface area contributed by atoms with Gasteiger partial charge >= 0.3 is 0 Å². The highest BCUT2D eigenvalue weighted by Gasteiger charge is 2.20. The number of amides is 1. The largest absolute Gasteiger partial charge is 0.338 e. The second-order valence-electron chi connectivity index (χ2n) is 6.68. The predicted octanol–water partition coefficient (Wildman–Crippen LogP) is 4.68. The molecule has 146 valence electrons. The number of aromatic nitrogens is 3. The number of halogens is 1. The first kappa shape index (κ1) is 18.8. The Morgan fingerprint density at radius 1 is 0.931 bits per heavy atom. The van der Waals surface area contributed by atoms with Crippen LogP contribution in [0.25, 0.3) is 28.2 Å². The third kappa shape index (κ3) is 3.61. The van der Waals surface area contributed by atoms with Gasteiger partial charge in [0.1, 0.15) is 11.5 Å². The van der Waals surface area contributed by atoms with Crippen LogP contribution in [0.1, 0.15) is 24.3 Å². The first-order chi connectivity index (χ1) is 14.1. The lowest BCUT2D eigenvalue weighted by atomic mass is 10.1. The Morgan fingerprint density at radius 2 is 1.59 bits per heavy atom. The smallest absolute Gasteiger partial charge is 0.272 e. The minimum atomic E-state index is -0.315. The Bertz CT molecular complexity index is 1150. The number of rotatable bonds is 5. The van der Waals surface area contributed by atoms with Crippen LogP contribution in [-0.2, 0) is 0 Å². The van der Waals surface area contributed by atoms with E-state index in [0.29, 0.717) is 30.1 Å². The molecule has 1 amide bonds. The lowest BCUT2D eigenvalue weighted by molar-refractivity contribution is 0.0764. The molecular weight excluding hydrogens is 367 g/mol. The van der Waals surface area contributed by atoms with Crippen LogP contribution in [-0.4, -0.2) is 38.5 Å². The van der Waals surface area contributed by atoms with Crippen LogP contribution >= 0.6 is 0 Å². The first-order valence-electron chi connectivity index (χ1n) is 9.62. The van der Waals surface area contributed by atoms with Gasteiger partial charge in [0.15, 0.2) is 5.65 Å². The lowest BCUT2D eigenvalue weighted by Gasteiger charge is -2.19. The van der Waals surface area contributed by atoms with Crippen molar-refractivity contribution in [3.63, 3.8) is 0 Å². The van der Waals surface area contributed by atoms with E-state index in [1.54, 1.807) is 27.6 Å². The molecule has 0 aliphatic rings. The molecule has 0 spiro atoms. The quantitative estimate of drug-likeness (QED) is 0.499. The predicted molar refractivity (Wildman–Crippen MR) is 111 cm³/mol. The molecule has 0 aliphatic carbocycles. The van der Waals surface area contributed by atoms with E-state index < -0.39 is 0 Å². The van der Waals surface area contributed by atoms with Gasteiger partial charge in [0, 0.05) is 30.3 Å². The summed E-state index contributed by atoms with van der Waals surface area (Å²) in [5.74, 6) is -0.432. The summed E-state index contributed by atoms with van der Waals surface area (Å²) in [4.78, 5) is 19.6. The molecule has 6 heteroatoms. The summed E-state index contributed by atoms with van der Waals surface area (Å²) < 4.78 is 14.9. The second-order valence-corrected chi connectivity index (χ2v) is 6.68. The van der Waals surface area contributed by atoms with Crippen LogP contribution in [0.2, 0.25) is 0 Å².